The second kappa shape index (κ2) is 8.28. The first-order chi connectivity index (χ1) is 13.3. The zero-order chi connectivity index (χ0) is 18.6. The average molecular weight is 392 g/mol. The fourth-order valence-electron chi connectivity index (χ4n) is 3.36. The fraction of sp³-hybridized carbons (Fsp3) is 0.556. The molecule has 1 N–H and O–H groups in total. The largest absolute Gasteiger partial charge is 0.494 e. The quantitative estimate of drug-likeness (QED) is 0.864. The van der Waals surface area contributed by atoms with E-state index in [1.165, 1.54) is 11.3 Å². The van der Waals surface area contributed by atoms with E-state index in [0.717, 1.165) is 35.4 Å². The first kappa shape index (κ1) is 18.3. The van der Waals surface area contributed by atoms with Crippen LogP contribution in [0.25, 0.3) is 10.2 Å². The van der Waals surface area contributed by atoms with Crippen LogP contribution in [-0.2, 0) is 9.47 Å². The number of amides is 2. The van der Waals surface area contributed by atoms with Gasteiger partial charge in [-0.2, -0.15) is 0 Å². The lowest BCUT2D eigenvalue weighted by Crippen LogP contribution is -2.36. The second-order valence-corrected chi connectivity index (χ2v) is 7.47. The molecule has 2 aliphatic rings. The Labute approximate surface area is 162 Å². The highest BCUT2D eigenvalue weighted by Crippen LogP contribution is 2.39. The Hall–Kier alpha value is -2.10. The summed E-state index contributed by atoms with van der Waals surface area (Å²) in [7, 11) is 1.64. The second-order valence-electron chi connectivity index (χ2n) is 6.47. The molecule has 0 spiro atoms. The number of carbonyl (C=O) groups is 1. The molecule has 4 rings (SSSR count). The van der Waals surface area contributed by atoms with Crippen molar-refractivity contribution in [3.05, 3.63) is 12.1 Å². The molecule has 3 heterocycles. The van der Waals surface area contributed by atoms with Crippen molar-refractivity contribution < 1.29 is 19.0 Å². The lowest BCUT2D eigenvalue weighted by Gasteiger charge is -2.29. The van der Waals surface area contributed by atoms with Gasteiger partial charge in [0.2, 0.25) is 0 Å². The highest BCUT2D eigenvalue weighted by atomic mass is 32.1. The molecule has 9 heteroatoms. The topological polar surface area (TPSA) is 76.2 Å². The Morgan fingerprint density at radius 2 is 1.93 bits per heavy atom. The van der Waals surface area contributed by atoms with Crippen LogP contribution in [0.2, 0.25) is 0 Å². The van der Waals surface area contributed by atoms with Crippen LogP contribution < -0.4 is 15.0 Å². The van der Waals surface area contributed by atoms with Crippen LogP contribution in [0.4, 0.5) is 15.6 Å². The van der Waals surface area contributed by atoms with E-state index in [4.69, 9.17) is 14.2 Å². The van der Waals surface area contributed by atoms with E-state index in [9.17, 15) is 4.79 Å². The molecule has 0 radical (unpaired) electrons. The number of benzene rings is 1. The van der Waals surface area contributed by atoms with Gasteiger partial charge in [-0.25, -0.2) is 9.78 Å². The number of anilines is 2. The molecule has 27 heavy (non-hydrogen) atoms. The maximum Gasteiger partial charge on any atom is 0.323 e. The average Bonchev–Trinajstić information content (AvgIpc) is 2.93. The zero-order valence-corrected chi connectivity index (χ0v) is 16.2. The SMILES string of the molecule is COc1ccc(N2CCOCC2)c2sc(NC(=O)N3CCCOCC3)nc12. The molecular formula is C18H24N4O4S. The summed E-state index contributed by atoms with van der Waals surface area (Å²) in [6, 6.07) is 3.86. The van der Waals surface area contributed by atoms with Crippen molar-refractivity contribution in [1.29, 1.82) is 0 Å². The van der Waals surface area contributed by atoms with Crippen LogP contribution in [0.15, 0.2) is 12.1 Å². The minimum atomic E-state index is -0.133. The van der Waals surface area contributed by atoms with Crippen molar-refractivity contribution in [3.8, 4) is 5.75 Å². The van der Waals surface area contributed by atoms with E-state index < -0.39 is 0 Å². The minimum Gasteiger partial charge on any atom is -0.494 e. The Balaban J connectivity index is 1.60. The minimum absolute atomic E-state index is 0.133. The molecule has 2 aromatic rings. The lowest BCUT2D eigenvalue weighted by molar-refractivity contribution is 0.123. The number of hydrogen-bond acceptors (Lipinski definition) is 7. The third kappa shape index (κ3) is 3.95. The van der Waals surface area contributed by atoms with Gasteiger partial charge >= 0.3 is 6.03 Å². The smallest absolute Gasteiger partial charge is 0.323 e. The highest BCUT2D eigenvalue weighted by Gasteiger charge is 2.21. The fourth-order valence-corrected chi connectivity index (χ4v) is 4.37. The number of hydrogen-bond donors (Lipinski definition) is 1. The molecule has 1 aromatic heterocycles. The summed E-state index contributed by atoms with van der Waals surface area (Å²) in [6.45, 7) is 5.68. The molecule has 0 aliphatic carbocycles. The van der Waals surface area contributed by atoms with Gasteiger partial charge in [0.25, 0.3) is 0 Å². The van der Waals surface area contributed by atoms with Gasteiger partial charge in [0.15, 0.2) is 5.13 Å². The number of morpholine rings is 1. The van der Waals surface area contributed by atoms with Gasteiger partial charge in [-0.05, 0) is 18.6 Å². The standard InChI is InChI=1S/C18H24N4O4S/c1-24-14-4-3-13(21-6-10-26-11-7-21)16-15(14)19-17(27-16)20-18(23)22-5-2-9-25-12-8-22/h3-4H,2,5-12H2,1H3,(H,19,20,23). The van der Waals surface area contributed by atoms with Crippen molar-refractivity contribution in [2.75, 3.05) is 69.9 Å². The van der Waals surface area contributed by atoms with Gasteiger partial charge < -0.3 is 24.0 Å². The molecule has 1 aromatic carbocycles. The van der Waals surface area contributed by atoms with Gasteiger partial charge in [0.1, 0.15) is 11.3 Å². The van der Waals surface area contributed by atoms with E-state index in [1.54, 1.807) is 12.0 Å². The van der Waals surface area contributed by atoms with Crippen molar-refractivity contribution >= 4 is 38.4 Å². The summed E-state index contributed by atoms with van der Waals surface area (Å²) in [6.07, 6.45) is 0.849. The molecule has 0 unspecified atom stereocenters. The van der Waals surface area contributed by atoms with Gasteiger partial charge in [0, 0.05) is 32.8 Å². The number of fused-ring (bicyclic) bond motifs is 1. The summed E-state index contributed by atoms with van der Waals surface area (Å²) in [5.74, 6) is 0.710. The highest BCUT2D eigenvalue weighted by molar-refractivity contribution is 7.23. The van der Waals surface area contributed by atoms with E-state index in [-0.39, 0.29) is 6.03 Å². The van der Waals surface area contributed by atoms with Crippen LogP contribution in [0.1, 0.15) is 6.42 Å². The predicted octanol–water partition coefficient (Wildman–Crippen LogP) is 2.40. The molecular weight excluding hydrogens is 368 g/mol. The van der Waals surface area contributed by atoms with Crippen LogP contribution in [0, 0.1) is 0 Å². The summed E-state index contributed by atoms with van der Waals surface area (Å²) < 4.78 is 17.4. The Morgan fingerprint density at radius 1 is 1.15 bits per heavy atom. The number of aromatic nitrogens is 1. The number of thiazole rings is 1. The molecule has 2 saturated heterocycles. The molecule has 0 bridgehead atoms. The number of rotatable bonds is 3. The molecule has 8 nitrogen and oxygen atoms in total. The number of methoxy groups -OCH3 is 1. The molecule has 2 amide bonds. The number of nitrogens with one attached hydrogen (secondary N) is 1. The van der Waals surface area contributed by atoms with Gasteiger partial charge in [-0.3, -0.25) is 5.32 Å². The van der Waals surface area contributed by atoms with Crippen molar-refractivity contribution in [2.45, 2.75) is 6.42 Å². The van der Waals surface area contributed by atoms with E-state index >= 15 is 0 Å². The van der Waals surface area contributed by atoms with Crippen LogP contribution in [-0.4, -0.2) is 75.6 Å². The molecule has 0 atom stereocenters. The Kier molecular flexibility index (Phi) is 5.61. The van der Waals surface area contributed by atoms with Crippen molar-refractivity contribution in [3.63, 3.8) is 0 Å². The summed E-state index contributed by atoms with van der Waals surface area (Å²) in [5.41, 5.74) is 1.89. The molecule has 146 valence electrons. The van der Waals surface area contributed by atoms with E-state index in [0.29, 0.717) is 50.4 Å². The van der Waals surface area contributed by atoms with Crippen LogP contribution in [0.5, 0.6) is 5.75 Å². The number of carbonyl (C=O) groups excluding carboxylic acids is 1. The molecule has 2 fully saturated rings. The third-order valence-electron chi connectivity index (χ3n) is 4.78. The van der Waals surface area contributed by atoms with E-state index in [2.05, 4.69) is 21.3 Å². The van der Waals surface area contributed by atoms with Crippen LogP contribution >= 0.6 is 11.3 Å². The Morgan fingerprint density at radius 3 is 2.74 bits per heavy atom. The Bertz CT molecular complexity index is 798. The number of urea groups is 1. The maximum atomic E-state index is 12.6. The van der Waals surface area contributed by atoms with Crippen LogP contribution in [0.3, 0.4) is 0 Å². The summed E-state index contributed by atoms with van der Waals surface area (Å²) in [5, 5.41) is 3.53. The first-order valence-corrected chi connectivity index (χ1v) is 10.0. The normalized spacial score (nSPS) is 18.4. The maximum absolute atomic E-state index is 12.6. The van der Waals surface area contributed by atoms with Gasteiger partial charge in [-0.1, -0.05) is 11.3 Å². The van der Waals surface area contributed by atoms with Gasteiger partial charge in [0.05, 0.1) is 37.3 Å². The van der Waals surface area contributed by atoms with E-state index in [1.807, 2.05) is 6.07 Å². The van der Waals surface area contributed by atoms with Crippen molar-refractivity contribution in [1.82, 2.24) is 9.88 Å². The summed E-state index contributed by atoms with van der Waals surface area (Å²) >= 11 is 1.48. The lowest BCUT2D eigenvalue weighted by atomic mass is 10.2. The predicted molar refractivity (Wildman–Crippen MR) is 105 cm³/mol. The zero-order valence-electron chi connectivity index (χ0n) is 15.4. The van der Waals surface area contributed by atoms with Crippen molar-refractivity contribution in [2.24, 2.45) is 0 Å². The molecule has 2 aliphatic heterocycles. The monoisotopic (exact) mass is 392 g/mol. The summed E-state index contributed by atoms with van der Waals surface area (Å²) in [4.78, 5) is 21.3. The van der Waals surface area contributed by atoms with Gasteiger partial charge in [-0.15, -0.1) is 0 Å². The third-order valence-corrected chi connectivity index (χ3v) is 5.77. The number of ether oxygens (including phenoxy) is 3. The first-order valence-electron chi connectivity index (χ1n) is 9.20. The number of nitrogens with zero attached hydrogens (tertiary/aromatic N) is 3. The molecule has 0 saturated carbocycles.